The molecule has 0 radical (unpaired) electrons. The van der Waals surface area contributed by atoms with Gasteiger partial charge in [-0.25, -0.2) is 0 Å². The molecule has 2 heterocycles. The number of aryl methyl sites for hydroxylation is 1. The zero-order valence-electron chi connectivity index (χ0n) is 16.5. The molecular weight excluding hydrogens is 356 g/mol. The highest BCUT2D eigenvalue weighted by Gasteiger charge is 2.20. The number of phenolic OH excluding ortho intramolecular Hbond substituents is 1. The van der Waals surface area contributed by atoms with E-state index in [1.165, 1.54) is 0 Å². The quantitative estimate of drug-likeness (QED) is 0.554. The van der Waals surface area contributed by atoms with E-state index in [2.05, 4.69) is 20.3 Å². The zero-order chi connectivity index (χ0) is 19.8. The Labute approximate surface area is 166 Å². The van der Waals surface area contributed by atoms with E-state index in [0.29, 0.717) is 24.9 Å². The molecule has 1 aliphatic rings. The minimum absolute atomic E-state index is 0.119. The van der Waals surface area contributed by atoms with Crippen molar-refractivity contribution >= 4 is 12.0 Å². The summed E-state index contributed by atoms with van der Waals surface area (Å²) < 4.78 is 5.78. The molecule has 0 saturated carbocycles. The monoisotopic (exact) mass is 384 g/mol. The van der Waals surface area contributed by atoms with Gasteiger partial charge in [0.15, 0.2) is 17.3 Å². The molecule has 0 unspecified atom stereocenters. The number of hydrogen-bond acceptors (Lipinski definition) is 7. The van der Waals surface area contributed by atoms with Crippen LogP contribution in [0.4, 0.5) is 5.82 Å². The van der Waals surface area contributed by atoms with Gasteiger partial charge in [0.05, 0.1) is 18.5 Å². The lowest BCUT2D eigenvalue weighted by molar-refractivity contribution is 0.160. The number of aromatic nitrogens is 2. The highest BCUT2D eigenvalue weighted by Crippen LogP contribution is 2.28. The molecule has 1 N–H and O–H groups in total. The molecule has 0 atom stereocenters. The van der Waals surface area contributed by atoms with Crippen molar-refractivity contribution in [3.8, 4) is 11.5 Å². The second-order valence-corrected chi connectivity index (χ2v) is 6.98. The molecule has 0 amide bonds. The number of phenols is 1. The van der Waals surface area contributed by atoms with Crippen LogP contribution in [0.1, 0.15) is 37.4 Å². The summed E-state index contributed by atoms with van der Waals surface area (Å²) in [6.45, 7) is 6.90. The van der Waals surface area contributed by atoms with Crippen molar-refractivity contribution in [3.05, 3.63) is 41.6 Å². The van der Waals surface area contributed by atoms with Gasteiger partial charge in [-0.3, -0.25) is 0 Å². The van der Waals surface area contributed by atoms with Gasteiger partial charge in [0.1, 0.15) is 6.61 Å². The van der Waals surface area contributed by atoms with Crippen molar-refractivity contribution in [1.29, 1.82) is 0 Å². The number of hydrogen-bond donors (Lipinski definition) is 1. The predicted molar refractivity (Wildman–Crippen MR) is 109 cm³/mol. The first-order chi connectivity index (χ1) is 13.7. The number of benzene rings is 1. The molecule has 3 rings (SSSR count). The average molecular weight is 384 g/mol. The third kappa shape index (κ3) is 5.58. The number of ether oxygens (including phenoxy) is 1. The second kappa shape index (κ2) is 9.92. The van der Waals surface area contributed by atoms with Gasteiger partial charge in [-0.15, -0.1) is 5.10 Å². The molecular formula is C21H28N4O3. The Morgan fingerprint density at radius 1 is 1.21 bits per heavy atom. The van der Waals surface area contributed by atoms with Crippen LogP contribution in [0, 0.1) is 12.8 Å². The standard InChI is InChI=1S/C21H28N4O3/c1-3-28-22-15-18-5-6-20(19(26)14-18)27-13-10-17-8-11-25(12-9-17)21-7-4-16(2)23-24-21/h4-7,14-15,17,26H,3,8-13H2,1-2H3/b22-15+. The number of oxime groups is 1. The Bertz CT molecular complexity index is 772. The SMILES string of the molecule is CCO/N=C/c1ccc(OCCC2CCN(c3ccc(C)nn3)CC2)c(O)c1. The zero-order valence-corrected chi connectivity index (χ0v) is 16.5. The maximum atomic E-state index is 10.1. The summed E-state index contributed by atoms with van der Waals surface area (Å²) in [5, 5.41) is 22.3. The van der Waals surface area contributed by atoms with Crippen LogP contribution in [0.2, 0.25) is 0 Å². The fraction of sp³-hybridized carbons (Fsp3) is 0.476. The van der Waals surface area contributed by atoms with Crippen LogP contribution >= 0.6 is 0 Å². The maximum absolute atomic E-state index is 10.1. The number of aromatic hydroxyl groups is 1. The second-order valence-electron chi connectivity index (χ2n) is 6.98. The van der Waals surface area contributed by atoms with E-state index in [1.54, 1.807) is 18.3 Å². The van der Waals surface area contributed by atoms with Crippen LogP contribution in [0.5, 0.6) is 11.5 Å². The average Bonchev–Trinajstić information content (AvgIpc) is 2.71. The third-order valence-corrected chi connectivity index (χ3v) is 4.89. The summed E-state index contributed by atoms with van der Waals surface area (Å²) in [5.41, 5.74) is 1.71. The summed E-state index contributed by atoms with van der Waals surface area (Å²) >= 11 is 0. The van der Waals surface area contributed by atoms with Gasteiger partial charge in [0.25, 0.3) is 0 Å². The molecule has 2 aromatic rings. The largest absolute Gasteiger partial charge is 0.504 e. The van der Waals surface area contributed by atoms with Gasteiger partial charge in [0.2, 0.25) is 0 Å². The first-order valence-electron chi connectivity index (χ1n) is 9.82. The van der Waals surface area contributed by atoms with Crippen LogP contribution in [0.3, 0.4) is 0 Å². The molecule has 1 fully saturated rings. The van der Waals surface area contributed by atoms with Gasteiger partial charge < -0.3 is 19.6 Å². The highest BCUT2D eigenvalue weighted by atomic mass is 16.6. The minimum Gasteiger partial charge on any atom is -0.504 e. The Hall–Kier alpha value is -2.83. The Balaban J connectivity index is 1.41. The number of nitrogens with zero attached hydrogens (tertiary/aromatic N) is 4. The maximum Gasteiger partial charge on any atom is 0.160 e. The molecule has 0 bridgehead atoms. The van der Waals surface area contributed by atoms with Crippen molar-refractivity contribution in [3.63, 3.8) is 0 Å². The van der Waals surface area contributed by atoms with Crippen molar-refractivity contribution in [1.82, 2.24) is 10.2 Å². The summed E-state index contributed by atoms with van der Waals surface area (Å²) in [6, 6.07) is 9.28. The third-order valence-electron chi connectivity index (χ3n) is 4.89. The Morgan fingerprint density at radius 3 is 2.71 bits per heavy atom. The number of anilines is 1. The lowest BCUT2D eigenvalue weighted by atomic mass is 9.94. The molecule has 7 nitrogen and oxygen atoms in total. The van der Waals surface area contributed by atoms with Gasteiger partial charge >= 0.3 is 0 Å². The van der Waals surface area contributed by atoms with Crippen molar-refractivity contribution in [2.24, 2.45) is 11.1 Å². The normalized spacial score (nSPS) is 15.1. The summed E-state index contributed by atoms with van der Waals surface area (Å²) in [6.07, 6.45) is 4.76. The molecule has 1 saturated heterocycles. The summed E-state index contributed by atoms with van der Waals surface area (Å²) in [4.78, 5) is 7.22. The smallest absolute Gasteiger partial charge is 0.160 e. The molecule has 1 aliphatic heterocycles. The van der Waals surface area contributed by atoms with Gasteiger partial charge in [-0.1, -0.05) is 5.16 Å². The lowest BCUT2D eigenvalue weighted by Crippen LogP contribution is -2.34. The lowest BCUT2D eigenvalue weighted by Gasteiger charge is -2.32. The van der Waals surface area contributed by atoms with E-state index in [4.69, 9.17) is 9.57 Å². The van der Waals surface area contributed by atoms with Crippen LogP contribution in [0.25, 0.3) is 0 Å². The predicted octanol–water partition coefficient (Wildman–Crippen LogP) is 3.55. The Morgan fingerprint density at radius 2 is 2.04 bits per heavy atom. The van der Waals surface area contributed by atoms with E-state index in [-0.39, 0.29) is 5.75 Å². The first-order valence-corrected chi connectivity index (χ1v) is 9.82. The van der Waals surface area contributed by atoms with E-state index < -0.39 is 0 Å². The molecule has 28 heavy (non-hydrogen) atoms. The number of rotatable bonds is 8. The van der Waals surface area contributed by atoms with Crippen molar-refractivity contribution in [2.45, 2.75) is 33.1 Å². The highest BCUT2D eigenvalue weighted by molar-refractivity contribution is 5.80. The minimum atomic E-state index is 0.119. The fourth-order valence-corrected chi connectivity index (χ4v) is 3.26. The fourth-order valence-electron chi connectivity index (χ4n) is 3.26. The van der Waals surface area contributed by atoms with Gasteiger partial charge in [-0.05, 0) is 74.9 Å². The molecule has 7 heteroatoms. The van der Waals surface area contributed by atoms with Crippen LogP contribution in [-0.2, 0) is 4.84 Å². The molecule has 150 valence electrons. The first kappa shape index (κ1) is 19.9. The summed E-state index contributed by atoms with van der Waals surface area (Å²) in [7, 11) is 0. The van der Waals surface area contributed by atoms with Crippen LogP contribution < -0.4 is 9.64 Å². The van der Waals surface area contributed by atoms with Gasteiger partial charge in [-0.2, -0.15) is 5.10 Å². The van der Waals surface area contributed by atoms with E-state index in [1.807, 2.05) is 32.0 Å². The van der Waals surface area contributed by atoms with E-state index in [9.17, 15) is 5.11 Å². The number of piperidine rings is 1. The molecule has 1 aromatic heterocycles. The van der Waals surface area contributed by atoms with Gasteiger partial charge in [0, 0.05) is 13.1 Å². The summed E-state index contributed by atoms with van der Waals surface area (Å²) in [5.74, 6) is 2.20. The topological polar surface area (TPSA) is 80.1 Å². The van der Waals surface area contributed by atoms with E-state index >= 15 is 0 Å². The van der Waals surface area contributed by atoms with Crippen molar-refractivity contribution in [2.75, 3.05) is 31.2 Å². The van der Waals surface area contributed by atoms with E-state index in [0.717, 1.165) is 49.4 Å². The van der Waals surface area contributed by atoms with Crippen LogP contribution in [0.15, 0.2) is 35.5 Å². The van der Waals surface area contributed by atoms with Crippen LogP contribution in [-0.4, -0.2) is 47.8 Å². The van der Waals surface area contributed by atoms with Crippen molar-refractivity contribution < 1.29 is 14.7 Å². The molecule has 0 aliphatic carbocycles. The molecule has 0 spiro atoms. The Kier molecular flexibility index (Phi) is 7.06. The molecule has 1 aromatic carbocycles.